The van der Waals surface area contributed by atoms with Gasteiger partial charge in [0, 0.05) is 11.1 Å². The van der Waals surface area contributed by atoms with Crippen molar-refractivity contribution in [3.63, 3.8) is 0 Å². The van der Waals surface area contributed by atoms with E-state index in [1.165, 1.54) is 12.4 Å². The number of ether oxygens (including phenoxy) is 1. The SMILES string of the molecule is CCOC(=O)c1ncc(N=C(c2ccccc2)c2ccccc2)cn1. The molecule has 3 aromatic rings. The second-order valence-electron chi connectivity index (χ2n) is 5.18. The van der Waals surface area contributed by atoms with E-state index in [0.29, 0.717) is 5.69 Å². The molecule has 0 bridgehead atoms. The minimum Gasteiger partial charge on any atom is -0.460 e. The zero-order chi connectivity index (χ0) is 17.5. The number of hydrogen-bond donors (Lipinski definition) is 0. The molecule has 0 saturated heterocycles. The van der Waals surface area contributed by atoms with E-state index in [0.717, 1.165) is 16.8 Å². The van der Waals surface area contributed by atoms with Crippen molar-refractivity contribution in [2.24, 2.45) is 4.99 Å². The molecule has 1 heterocycles. The third-order valence-electron chi connectivity index (χ3n) is 3.43. The molecule has 5 heteroatoms. The molecule has 0 aliphatic heterocycles. The first-order chi connectivity index (χ1) is 12.3. The van der Waals surface area contributed by atoms with Crippen LogP contribution in [0.25, 0.3) is 0 Å². The summed E-state index contributed by atoms with van der Waals surface area (Å²) in [6.45, 7) is 2.02. The maximum atomic E-state index is 11.6. The summed E-state index contributed by atoms with van der Waals surface area (Å²) < 4.78 is 4.89. The highest BCUT2D eigenvalue weighted by atomic mass is 16.5. The molecular formula is C20H17N3O2. The van der Waals surface area contributed by atoms with Gasteiger partial charge in [-0.15, -0.1) is 0 Å². The van der Waals surface area contributed by atoms with Gasteiger partial charge < -0.3 is 4.74 Å². The lowest BCUT2D eigenvalue weighted by Gasteiger charge is -2.07. The van der Waals surface area contributed by atoms with Crippen molar-refractivity contribution < 1.29 is 9.53 Å². The Morgan fingerprint density at radius 2 is 1.44 bits per heavy atom. The number of rotatable bonds is 5. The van der Waals surface area contributed by atoms with Crippen LogP contribution >= 0.6 is 0 Å². The van der Waals surface area contributed by atoms with E-state index < -0.39 is 5.97 Å². The van der Waals surface area contributed by atoms with Crippen LogP contribution in [0, 0.1) is 0 Å². The first-order valence-electron chi connectivity index (χ1n) is 7.96. The van der Waals surface area contributed by atoms with E-state index in [4.69, 9.17) is 4.74 Å². The molecule has 0 unspecified atom stereocenters. The van der Waals surface area contributed by atoms with Gasteiger partial charge in [-0.3, -0.25) is 0 Å². The smallest absolute Gasteiger partial charge is 0.376 e. The van der Waals surface area contributed by atoms with Crippen LogP contribution < -0.4 is 0 Å². The summed E-state index contributed by atoms with van der Waals surface area (Å²) in [5.41, 5.74) is 3.36. The maximum Gasteiger partial charge on any atom is 0.376 e. The summed E-state index contributed by atoms with van der Waals surface area (Å²) in [5.74, 6) is -0.508. The zero-order valence-electron chi connectivity index (χ0n) is 13.8. The molecule has 0 aliphatic rings. The summed E-state index contributed by atoms with van der Waals surface area (Å²) in [5, 5.41) is 0. The van der Waals surface area contributed by atoms with Crippen LogP contribution in [0.1, 0.15) is 28.7 Å². The number of hydrogen-bond acceptors (Lipinski definition) is 5. The number of benzene rings is 2. The fraction of sp³-hybridized carbons (Fsp3) is 0.100. The Hall–Kier alpha value is -3.34. The lowest BCUT2D eigenvalue weighted by molar-refractivity contribution is 0.0512. The van der Waals surface area contributed by atoms with Gasteiger partial charge in [0.2, 0.25) is 5.82 Å². The second kappa shape index (κ2) is 7.97. The van der Waals surface area contributed by atoms with Crippen molar-refractivity contribution in [3.8, 4) is 0 Å². The third-order valence-corrected chi connectivity index (χ3v) is 3.43. The molecule has 0 saturated carbocycles. The topological polar surface area (TPSA) is 64.4 Å². The van der Waals surface area contributed by atoms with Gasteiger partial charge in [-0.25, -0.2) is 19.8 Å². The first-order valence-corrected chi connectivity index (χ1v) is 7.96. The van der Waals surface area contributed by atoms with Crippen LogP contribution in [-0.4, -0.2) is 28.3 Å². The zero-order valence-corrected chi connectivity index (χ0v) is 13.8. The van der Waals surface area contributed by atoms with E-state index >= 15 is 0 Å². The van der Waals surface area contributed by atoms with Crippen LogP contribution in [0.2, 0.25) is 0 Å². The van der Waals surface area contributed by atoms with Crippen LogP contribution in [0.15, 0.2) is 78.0 Å². The molecule has 1 aromatic heterocycles. The number of aliphatic imine (C=N–C) groups is 1. The number of carbonyl (C=O) groups is 1. The molecule has 0 atom stereocenters. The molecule has 0 N–H and O–H groups in total. The van der Waals surface area contributed by atoms with Gasteiger partial charge in [-0.2, -0.15) is 0 Å². The van der Waals surface area contributed by atoms with Gasteiger partial charge in [-0.1, -0.05) is 60.7 Å². The van der Waals surface area contributed by atoms with Crippen LogP contribution in [0.5, 0.6) is 0 Å². The summed E-state index contributed by atoms with van der Waals surface area (Å²) in [6, 6.07) is 19.8. The van der Waals surface area contributed by atoms with E-state index in [9.17, 15) is 4.79 Å². The third kappa shape index (κ3) is 4.14. The van der Waals surface area contributed by atoms with Gasteiger partial charge in [0.25, 0.3) is 0 Å². The molecule has 5 nitrogen and oxygen atoms in total. The highest BCUT2D eigenvalue weighted by Crippen LogP contribution is 2.17. The number of nitrogens with zero attached hydrogens (tertiary/aromatic N) is 3. The predicted octanol–water partition coefficient (Wildman–Crippen LogP) is 3.82. The van der Waals surface area contributed by atoms with Gasteiger partial charge in [0.1, 0.15) is 5.69 Å². The fourth-order valence-electron chi connectivity index (χ4n) is 2.30. The van der Waals surface area contributed by atoms with Gasteiger partial charge in [0.15, 0.2) is 0 Å². The van der Waals surface area contributed by atoms with Gasteiger partial charge in [-0.05, 0) is 6.92 Å². The van der Waals surface area contributed by atoms with Crippen LogP contribution in [0.3, 0.4) is 0 Å². The molecule has 25 heavy (non-hydrogen) atoms. The predicted molar refractivity (Wildman–Crippen MR) is 96.2 cm³/mol. The Labute approximate surface area is 146 Å². The van der Waals surface area contributed by atoms with Crippen molar-refractivity contribution in [1.29, 1.82) is 0 Å². The molecule has 124 valence electrons. The Bertz CT molecular complexity index is 819. The van der Waals surface area contributed by atoms with Gasteiger partial charge >= 0.3 is 5.97 Å². The lowest BCUT2D eigenvalue weighted by Crippen LogP contribution is -2.09. The largest absolute Gasteiger partial charge is 0.460 e. The summed E-state index contributed by atoms with van der Waals surface area (Å²) in [7, 11) is 0. The van der Waals surface area contributed by atoms with E-state index in [-0.39, 0.29) is 12.4 Å². The normalized spacial score (nSPS) is 10.1. The average Bonchev–Trinajstić information content (AvgIpc) is 2.68. The lowest BCUT2D eigenvalue weighted by atomic mass is 10.0. The van der Waals surface area contributed by atoms with E-state index in [1.54, 1.807) is 6.92 Å². The first kappa shape index (κ1) is 16.5. The molecule has 0 amide bonds. The molecular weight excluding hydrogens is 314 g/mol. The molecule has 3 rings (SSSR count). The van der Waals surface area contributed by atoms with Crippen LogP contribution in [0.4, 0.5) is 5.69 Å². The van der Waals surface area contributed by atoms with E-state index in [1.807, 2.05) is 60.7 Å². The Morgan fingerprint density at radius 3 is 1.92 bits per heavy atom. The van der Waals surface area contributed by atoms with Crippen molar-refractivity contribution in [3.05, 3.63) is 90.0 Å². The molecule has 0 aliphatic carbocycles. The standard InChI is InChI=1S/C20H17N3O2/c1-2-25-20(24)19-21-13-17(14-22-19)23-18(15-9-5-3-6-10-15)16-11-7-4-8-12-16/h3-14H,2H2,1H3. The number of esters is 1. The highest BCUT2D eigenvalue weighted by Gasteiger charge is 2.11. The molecule has 0 spiro atoms. The quantitative estimate of drug-likeness (QED) is 0.526. The summed E-state index contributed by atoms with van der Waals surface area (Å²) in [4.78, 5) is 24.4. The van der Waals surface area contributed by atoms with Crippen molar-refractivity contribution in [2.45, 2.75) is 6.92 Å². The number of carbonyl (C=O) groups excluding carboxylic acids is 1. The number of aromatic nitrogens is 2. The second-order valence-corrected chi connectivity index (χ2v) is 5.18. The molecule has 0 radical (unpaired) electrons. The van der Waals surface area contributed by atoms with Crippen molar-refractivity contribution >= 4 is 17.4 Å². The fourth-order valence-corrected chi connectivity index (χ4v) is 2.30. The minimum absolute atomic E-state index is 0.0294. The van der Waals surface area contributed by atoms with Crippen LogP contribution in [-0.2, 0) is 4.74 Å². The Balaban J connectivity index is 1.98. The summed E-state index contributed by atoms with van der Waals surface area (Å²) in [6.07, 6.45) is 3.04. The van der Waals surface area contributed by atoms with Crippen molar-refractivity contribution in [2.75, 3.05) is 6.61 Å². The van der Waals surface area contributed by atoms with Crippen molar-refractivity contribution in [1.82, 2.24) is 9.97 Å². The van der Waals surface area contributed by atoms with Gasteiger partial charge in [0.05, 0.1) is 24.7 Å². The monoisotopic (exact) mass is 331 g/mol. The molecule has 0 fully saturated rings. The maximum absolute atomic E-state index is 11.6. The highest BCUT2D eigenvalue weighted by molar-refractivity contribution is 6.13. The average molecular weight is 331 g/mol. The molecule has 2 aromatic carbocycles. The summed E-state index contributed by atoms with van der Waals surface area (Å²) >= 11 is 0. The minimum atomic E-state index is -0.538. The Morgan fingerprint density at radius 1 is 0.920 bits per heavy atom. The Kier molecular flexibility index (Phi) is 5.26. The van der Waals surface area contributed by atoms with E-state index in [2.05, 4.69) is 15.0 Å².